The van der Waals surface area contributed by atoms with E-state index in [9.17, 15) is 5.11 Å². The lowest BCUT2D eigenvalue weighted by Crippen LogP contribution is -2.39. The van der Waals surface area contributed by atoms with Crippen molar-refractivity contribution in [3.8, 4) is 0 Å². The molecule has 26 heavy (non-hydrogen) atoms. The van der Waals surface area contributed by atoms with Crippen molar-refractivity contribution in [2.45, 2.75) is 39.2 Å². The van der Waals surface area contributed by atoms with Gasteiger partial charge >= 0.3 is 0 Å². The van der Waals surface area contributed by atoms with Crippen LogP contribution in [0.1, 0.15) is 32.3 Å². The van der Waals surface area contributed by atoms with Gasteiger partial charge in [0.25, 0.3) is 0 Å². The number of unbranched alkanes of at least 4 members (excludes halogenated alkanes) is 1. The zero-order valence-corrected chi connectivity index (χ0v) is 16.2. The van der Waals surface area contributed by atoms with E-state index in [1.807, 2.05) is 37.3 Å². The fourth-order valence-electron chi connectivity index (χ4n) is 2.30. The Morgan fingerprint density at radius 3 is 2.46 bits per heavy atom. The molecule has 6 heteroatoms. The predicted octanol–water partition coefficient (Wildman–Crippen LogP) is 1.98. The Hall–Kier alpha value is -1.63. The summed E-state index contributed by atoms with van der Waals surface area (Å²) in [6.07, 6.45) is 2.35. The number of nitrogens with one attached hydrogen (secondary N) is 2. The smallest absolute Gasteiger partial charge is 0.191 e. The van der Waals surface area contributed by atoms with Gasteiger partial charge in [-0.25, -0.2) is 0 Å². The largest absolute Gasteiger partial charge is 0.391 e. The molecule has 0 amide bonds. The Morgan fingerprint density at radius 1 is 1.04 bits per heavy atom. The molecule has 0 heterocycles. The van der Waals surface area contributed by atoms with E-state index in [0.717, 1.165) is 31.6 Å². The second kappa shape index (κ2) is 15.6. The molecule has 0 fully saturated rings. The van der Waals surface area contributed by atoms with Crippen LogP contribution in [0.3, 0.4) is 0 Å². The molecule has 0 bridgehead atoms. The van der Waals surface area contributed by atoms with E-state index in [0.29, 0.717) is 45.3 Å². The minimum Gasteiger partial charge on any atom is -0.391 e. The highest BCUT2D eigenvalue weighted by Gasteiger charge is 2.05. The lowest BCUT2D eigenvalue weighted by Gasteiger charge is -2.13. The number of guanidine groups is 1. The van der Waals surface area contributed by atoms with Crippen LogP contribution >= 0.6 is 0 Å². The Labute approximate surface area is 158 Å². The van der Waals surface area contributed by atoms with Crippen molar-refractivity contribution in [2.24, 2.45) is 4.99 Å². The van der Waals surface area contributed by atoms with Crippen LogP contribution in [0.2, 0.25) is 0 Å². The van der Waals surface area contributed by atoms with Crippen LogP contribution in [0.4, 0.5) is 0 Å². The van der Waals surface area contributed by atoms with E-state index in [2.05, 4.69) is 22.5 Å². The third-order valence-electron chi connectivity index (χ3n) is 3.67. The van der Waals surface area contributed by atoms with Gasteiger partial charge in [-0.2, -0.15) is 0 Å². The van der Waals surface area contributed by atoms with Gasteiger partial charge in [0.1, 0.15) is 0 Å². The average Bonchev–Trinajstić information content (AvgIpc) is 2.65. The molecule has 3 N–H and O–H groups in total. The molecule has 1 aromatic carbocycles. The summed E-state index contributed by atoms with van der Waals surface area (Å²) < 4.78 is 11.0. The summed E-state index contributed by atoms with van der Waals surface area (Å²) in [6.45, 7) is 8.60. The molecule has 6 nitrogen and oxygen atoms in total. The van der Waals surface area contributed by atoms with E-state index in [4.69, 9.17) is 9.47 Å². The Kier molecular flexibility index (Phi) is 13.5. The number of aliphatic hydroxyl groups excluding tert-OH is 1. The summed E-state index contributed by atoms with van der Waals surface area (Å²) in [5.41, 5.74) is 1.11. The van der Waals surface area contributed by atoms with Crippen LogP contribution in [-0.2, 0) is 15.9 Å². The summed E-state index contributed by atoms with van der Waals surface area (Å²) in [6, 6.07) is 9.96. The zero-order chi connectivity index (χ0) is 18.9. The van der Waals surface area contributed by atoms with Crippen LogP contribution in [0.15, 0.2) is 35.3 Å². The normalized spacial score (nSPS) is 12.8. The number of nitrogens with zero attached hydrogens (tertiary/aromatic N) is 1. The monoisotopic (exact) mass is 365 g/mol. The highest BCUT2D eigenvalue weighted by atomic mass is 16.5. The molecule has 0 saturated heterocycles. The number of hydrogen-bond acceptors (Lipinski definition) is 4. The Balaban J connectivity index is 2.18. The third kappa shape index (κ3) is 11.8. The number of benzene rings is 1. The van der Waals surface area contributed by atoms with Crippen molar-refractivity contribution in [2.75, 3.05) is 46.1 Å². The van der Waals surface area contributed by atoms with Crippen LogP contribution in [-0.4, -0.2) is 63.2 Å². The molecule has 0 aliphatic rings. The van der Waals surface area contributed by atoms with Crippen molar-refractivity contribution in [1.82, 2.24) is 10.6 Å². The van der Waals surface area contributed by atoms with E-state index < -0.39 is 6.10 Å². The summed E-state index contributed by atoms with van der Waals surface area (Å²) in [5.74, 6) is 0.697. The van der Waals surface area contributed by atoms with E-state index in [1.165, 1.54) is 0 Å². The van der Waals surface area contributed by atoms with Crippen molar-refractivity contribution in [3.05, 3.63) is 35.9 Å². The molecule has 148 valence electrons. The molecule has 1 rings (SSSR count). The lowest BCUT2D eigenvalue weighted by atomic mass is 10.1. The molecule has 0 saturated carbocycles. The first-order valence-electron chi connectivity index (χ1n) is 9.65. The number of aliphatic imine (C=N–C) groups is 1. The van der Waals surface area contributed by atoms with Crippen LogP contribution in [0, 0.1) is 0 Å². The summed E-state index contributed by atoms with van der Waals surface area (Å²) in [7, 11) is 0. The average molecular weight is 366 g/mol. The molecule has 0 aromatic heterocycles. The Morgan fingerprint density at radius 2 is 1.77 bits per heavy atom. The van der Waals surface area contributed by atoms with E-state index in [1.54, 1.807) is 0 Å². The van der Waals surface area contributed by atoms with Gasteiger partial charge in [-0.15, -0.1) is 0 Å². The maximum Gasteiger partial charge on any atom is 0.191 e. The number of rotatable bonds is 14. The first kappa shape index (κ1) is 22.4. The third-order valence-corrected chi connectivity index (χ3v) is 3.67. The first-order valence-corrected chi connectivity index (χ1v) is 9.65. The molecule has 0 aliphatic carbocycles. The minimum atomic E-state index is -0.496. The van der Waals surface area contributed by atoms with Crippen molar-refractivity contribution >= 4 is 5.96 Å². The van der Waals surface area contributed by atoms with Gasteiger partial charge in [0.2, 0.25) is 0 Å². The second-order valence-electron chi connectivity index (χ2n) is 6.07. The van der Waals surface area contributed by atoms with Crippen molar-refractivity contribution in [1.29, 1.82) is 0 Å². The zero-order valence-electron chi connectivity index (χ0n) is 16.2. The lowest BCUT2D eigenvalue weighted by molar-refractivity contribution is 0.0487. The predicted molar refractivity (Wildman–Crippen MR) is 107 cm³/mol. The standard InChI is InChI=1S/C20H35N3O3/c1-3-5-12-25-14-15-26-13-11-22-20(21-4-2)23-17-19(24)16-18-9-7-6-8-10-18/h6-10,19,24H,3-5,11-17H2,1-2H3,(H2,21,22,23). The van der Waals surface area contributed by atoms with Crippen molar-refractivity contribution < 1.29 is 14.6 Å². The van der Waals surface area contributed by atoms with E-state index >= 15 is 0 Å². The summed E-state index contributed by atoms with van der Waals surface area (Å²) >= 11 is 0. The first-order chi connectivity index (χ1) is 12.8. The molecule has 1 aromatic rings. The molecule has 0 radical (unpaired) electrons. The van der Waals surface area contributed by atoms with E-state index in [-0.39, 0.29) is 0 Å². The van der Waals surface area contributed by atoms with Gasteiger partial charge in [-0.3, -0.25) is 4.99 Å². The van der Waals surface area contributed by atoms with Crippen LogP contribution in [0.5, 0.6) is 0 Å². The van der Waals surface area contributed by atoms with Gasteiger partial charge in [-0.05, 0) is 18.9 Å². The maximum atomic E-state index is 10.1. The summed E-state index contributed by atoms with van der Waals surface area (Å²) in [4.78, 5) is 4.44. The molecule has 1 unspecified atom stereocenters. The second-order valence-corrected chi connectivity index (χ2v) is 6.07. The highest BCUT2D eigenvalue weighted by Crippen LogP contribution is 2.03. The fourth-order valence-corrected chi connectivity index (χ4v) is 2.30. The molecular formula is C20H35N3O3. The minimum absolute atomic E-state index is 0.357. The highest BCUT2D eigenvalue weighted by molar-refractivity contribution is 5.79. The van der Waals surface area contributed by atoms with Crippen LogP contribution < -0.4 is 10.6 Å². The molecular weight excluding hydrogens is 330 g/mol. The van der Waals surface area contributed by atoms with Gasteiger partial charge in [0, 0.05) is 26.1 Å². The van der Waals surface area contributed by atoms with Crippen LogP contribution in [0.25, 0.3) is 0 Å². The number of ether oxygens (including phenoxy) is 2. The number of hydrogen-bond donors (Lipinski definition) is 3. The Bertz CT molecular complexity index is 469. The SMILES string of the molecule is CCCCOCCOCCNC(=NCC(O)Cc1ccccc1)NCC. The molecule has 0 spiro atoms. The van der Waals surface area contributed by atoms with Gasteiger partial charge < -0.3 is 25.2 Å². The quantitative estimate of drug-likeness (QED) is 0.267. The topological polar surface area (TPSA) is 75.1 Å². The van der Waals surface area contributed by atoms with Crippen molar-refractivity contribution in [3.63, 3.8) is 0 Å². The summed E-state index contributed by atoms with van der Waals surface area (Å²) in [5, 5.41) is 16.5. The van der Waals surface area contributed by atoms with Gasteiger partial charge in [0.05, 0.1) is 32.5 Å². The fraction of sp³-hybridized carbons (Fsp3) is 0.650. The molecule has 1 atom stereocenters. The van der Waals surface area contributed by atoms with Gasteiger partial charge in [-0.1, -0.05) is 43.7 Å². The molecule has 0 aliphatic heterocycles. The maximum absolute atomic E-state index is 10.1. The number of aliphatic hydroxyl groups is 1. The van der Waals surface area contributed by atoms with Gasteiger partial charge in [0.15, 0.2) is 5.96 Å².